The third-order valence-electron chi connectivity index (χ3n) is 5.84. The second-order valence-corrected chi connectivity index (χ2v) is 8.01. The van der Waals surface area contributed by atoms with Crippen LogP contribution in [0.25, 0.3) is 0 Å². The summed E-state index contributed by atoms with van der Waals surface area (Å²) in [6.07, 6.45) is 4.91. The minimum Gasteiger partial charge on any atom is -0.487 e. The Morgan fingerprint density at radius 3 is 2.77 bits per heavy atom. The predicted octanol–water partition coefficient (Wildman–Crippen LogP) is 2.71. The number of halogens is 1. The first-order chi connectivity index (χ1) is 15.0. The van der Waals surface area contributed by atoms with Gasteiger partial charge in [0.2, 0.25) is 5.43 Å². The number of ether oxygens (including phenoxy) is 1. The molecule has 0 unspecified atom stereocenters. The van der Waals surface area contributed by atoms with Crippen molar-refractivity contribution in [1.29, 1.82) is 0 Å². The number of rotatable bonds is 7. The van der Waals surface area contributed by atoms with E-state index in [9.17, 15) is 18.8 Å². The molecule has 8 heteroatoms. The molecule has 0 spiro atoms. The van der Waals surface area contributed by atoms with Gasteiger partial charge in [-0.2, -0.15) is 0 Å². The summed E-state index contributed by atoms with van der Waals surface area (Å²) in [5, 5.41) is 2.71. The van der Waals surface area contributed by atoms with Gasteiger partial charge in [-0.3, -0.25) is 14.4 Å². The molecule has 1 aromatic carbocycles. The van der Waals surface area contributed by atoms with E-state index in [0.717, 1.165) is 25.7 Å². The zero-order valence-electron chi connectivity index (χ0n) is 17.5. The summed E-state index contributed by atoms with van der Waals surface area (Å²) >= 11 is 0. The lowest BCUT2D eigenvalue weighted by molar-refractivity contribution is 0.0656. The first-order valence-electron chi connectivity index (χ1n) is 10.7. The predicted molar refractivity (Wildman–Crippen MR) is 113 cm³/mol. The minimum absolute atomic E-state index is 0.0433. The Labute approximate surface area is 179 Å². The van der Waals surface area contributed by atoms with Crippen molar-refractivity contribution >= 4 is 11.8 Å². The summed E-state index contributed by atoms with van der Waals surface area (Å²) in [5.74, 6) is -1.16. The first-order valence-corrected chi connectivity index (χ1v) is 10.7. The fourth-order valence-electron chi connectivity index (χ4n) is 4.15. The van der Waals surface area contributed by atoms with Crippen LogP contribution in [0.2, 0.25) is 0 Å². The van der Waals surface area contributed by atoms with E-state index in [0.29, 0.717) is 25.3 Å². The fraction of sp³-hybridized carbons (Fsp3) is 0.435. The topological polar surface area (TPSA) is 80.6 Å². The van der Waals surface area contributed by atoms with Crippen LogP contribution >= 0.6 is 0 Å². The number of aromatic nitrogens is 1. The van der Waals surface area contributed by atoms with Gasteiger partial charge in [0.25, 0.3) is 11.8 Å². The van der Waals surface area contributed by atoms with E-state index in [4.69, 9.17) is 4.74 Å². The van der Waals surface area contributed by atoms with Gasteiger partial charge in [-0.15, -0.1) is 0 Å². The summed E-state index contributed by atoms with van der Waals surface area (Å²) < 4.78 is 20.5. The van der Waals surface area contributed by atoms with Crippen molar-refractivity contribution < 1.29 is 18.7 Å². The van der Waals surface area contributed by atoms with E-state index in [1.54, 1.807) is 21.6 Å². The van der Waals surface area contributed by atoms with Crippen LogP contribution in [0, 0.1) is 5.82 Å². The molecular weight excluding hydrogens is 401 g/mol. The molecule has 1 fully saturated rings. The summed E-state index contributed by atoms with van der Waals surface area (Å²) in [4.78, 5) is 40.9. The van der Waals surface area contributed by atoms with E-state index < -0.39 is 11.3 Å². The van der Waals surface area contributed by atoms with E-state index in [1.165, 1.54) is 18.3 Å². The van der Waals surface area contributed by atoms with Crippen molar-refractivity contribution in [1.82, 2.24) is 14.8 Å². The number of nitrogens with zero attached hydrogens (tertiary/aromatic N) is 2. The SMILES string of the molecule is CCCCOc1c2n(cc(C(=O)NCc3ccc(F)cc3)c1=O)C[C@H]1CCCN1C2=O. The van der Waals surface area contributed by atoms with Crippen LogP contribution < -0.4 is 15.5 Å². The van der Waals surface area contributed by atoms with Crippen molar-refractivity contribution in [2.45, 2.75) is 51.7 Å². The van der Waals surface area contributed by atoms with Gasteiger partial charge >= 0.3 is 0 Å². The third-order valence-corrected chi connectivity index (χ3v) is 5.84. The molecule has 0 radical (unpaired) electrons. The Kier molecular flexibility index (Phi) is 6.06. The largest absolute Gasteiger partial charge is 0.487 e. The second kappa shape index (κ2) is 8.91. The van der Waals surface area contributed by atoms with Gasteiger partial charge < -0.3 is 19.5 Å². The van der Waals surface area contributed by atoms with Crippen molar-refractivity contribution in [3.05, 3.63) is 63.3 Å². The lowest BCUT2D eigenvalue weighted by atomic mass is 10.1. The van der Waals surface area contributed by atoms with Crippen LogP contribution in [0.4, 0.5) is 4.39 Å². The third kappa shape index (κ3) is 4.19. The average Bonchev–Trinajstić information content (AvgIpc) is 3.23. The zero-order chi connectivity index (χ0) is 22.0. The van der Waals surface area contributed by atoms with E-state index in [1.807, 2.05) is 6.92 Å². The number of fused-ring (bicyclic) bond motifs is 2. The highest BCUT2D eigenvalue weighted by Gasteiger charge is 2.39. The molecule has 164 valence electrons. The number of carbonyl (C=O) groups excluding carboxylic acids is 2. The molecule has 2 amide bonds. The summed E-state index contributed by atoms with van der Waals surface area (Å²) in [5.41, 5.74) is 0.305. The van der Waals surface area contributed by atoms with Crippen molar-refractivity contribution in [2.75, 3.05) is 13.2 Å². The maximum absolute atomic E-state index is 13.2. The Morgan fingerprint density at radius 1 is 1.26 bits per heavy atom. The van der Waals surface area contributed by atoms with Crippen LogP contribution in [-0.2, 0) is 13.1 Å². The van der Waals surface area contributed by atoms with E-state index in [-0.39, 0.29) is 41.3 Å². The van der Waals surface area contributed by atoms with E-state index in [2.05, 4.69) is 5.32 Å². The minimum atomic E-state index is -0.579. The molecule has 31 heavy (non-hydrogen) atoms. The number of nitrogens with one attached hydrogen (secondary N) is 1. The van der Waals surface area contributed by atoms with Crippen molar-refractivity contribution in [3.63, 3.8) is 0 Å². The smallest absolute Gasteiger partial charge is 0.274 e. The molecule has 2 aliphatic rings. The number of hydrogen-bond acceptors (Lipinski definition) is 4. The van der Waals surface area contributed by atoms with Gasteiger partial charge in [0, 0.05) is 25.8 Å². The van der Waals surface area contributed by atoms with Crippen LogP contribution in [-0.4, -0.2) is 40.5 Å². The molecule has 1 atom stereocenters. The standard InChI is InChI=1S/C23H26FN3O4/c1-2-3-11-31-21-19-23(30)27-10-4-5-17(27)13-26(19)14-18(20(21)28)22(29)25-12-15-6-8-16(24)9-7-15/h6-9,14,17H,2-5,10-13H2,1H3,(H,25,29)/t17-/m1/s1. The molecular formula is C23H26FN3O4. The van der Waals surface area contributed by atoms with Gasteiger partial charge in [-0.05, 0) is 37.0 Å². The monoisotopic (exact) mass is 427 g/mol. The number of unbranched alkanes of at least 4 members (excludes halogenated alkanes) is 1. The Balaban J connectivity index is 1.65. The molecule has 4 rings (SSSR count). The van der Waals surface area contributed by atoms with E-state index >= 15 is 0 Å². The van der Waals surface area contributed by atoms with Crippen LogP contribution in [0.5, 0.6) is 5.75 Å². The number of pyridine rings is 1. The fourth-order valence-corrected chi connectivity index (χ4v) is 4.15. The summed E-state index contributed by atoms with van der Waals surface area (Å²) in [6, 6.07) is 5.84. The van der Waals surface area contributed by atoms with Gasteiger partial charge in [-0.25, -0.2) is 4.39 Å². The Morgan fingerprint density at radius 2 is 2.03 bits per heavy atom. The maximum atomic E-state index is 13.2. The molecule has 2 aromatic rings. The highest BCUT2D eigenvalue weighted by molar-refractivity contribution is 5.99. The quantitative estimate of drug-likeness (QED) is 0.689. The normalized spacial score (nSPS) is 17.3. The average molecular weight is 427 g/mol. The molecule has 1 saturated heterocycles. The highest BCUT2D eigenvalue weighted by atomic mass is 19.1. The first kappa shape index (κ1) is 21.1. The molecule has 1 aromatic heterocycles. The number of carbonyl (C=O) groups is 2. The molecule has 0 bridgehead atoms. The van der Waals surface area contributed by atoms with Gasteiger partial charge in [-0.1, -0.05) is 25.5 Å². The number of hydrogen-bond donors (Lipinski definition) is 1. The molecule has 0 saturated carbocycles. The van der Waals surface area contributed by atoms with Gasteiger partial charge in [0.15, 0.2) is 11.4 Å². The summed E-state index contributed by atoms with van der Waals surface area (Å²) in [6.45, 7) is 3.67. The van der Waals surface area contributed by atoms with Crippen LogP contribution in [0.3, 0.4) is 0 Å². The number of amides is 2. The Bertz CT molecular complexity index is 1050. The van der Waals surface area contributed by atoms with Crippen molar-refractivity contribution in [2.24, 2.45) is 0 Å². The lowest BCUT2D eigenvalue weighted by Crippen LogP contribution is -2.46. The summed E-state index contributed by atoms with van der Waals surface area (Å²) in [7, 11) is 0. The highest BCUT2D eigenvalue weighted by Crippen LogP contribution is 2.30. The van der Waals surface area contributed by atoms with Gasteiger partial charge in [0.05, 0.1) is 12.6 Å². The molecule has 2 aliphatic heterocycles. The molecule has 3 heterocycles. The van der Waals surface area contributed by atoms with Crippen molar-refractivity contribution in [3.8, 4) is 5.75 Å². The number of benzene rings is 1. The molecule has 1 N–H and O–H groups in total. The molecule has 7 nitrogen and oxygen atoms in total. The lowest BCUT2D eigenvalue weighted by Gasteiger charge is -2.33. The van der Waals surface area contributed by atoms with Crippen LogP contribution in [0.15, 0.2) is 35.3 Å². The van der Waals surface area contributed by atoms with Crippen LogP contribution in [0.1, 0.15) is 59.0 Å². The zero-order valence-corrected chi connectivity index (χ0v) is 17.5. The molecule has 0 aliphatic carbocycles. The maximum Gasteiger partial charge on any atom is 0.274 e. The second-order valence-electron chi connectivity index (χ2n) is 8.01. The van der Waals surface area contributed by atoms with Gasteiger partial charge in [0.1, 0.15) is 11.4 Å². The Hall–Kier alpha value is -3.16.